The van der Waals surface area contributed by atoms with E-state index in [1.807, 2.05) is 13.8 Å². The van der Waals surface area contributed by atoms with Crippen molar-refractivity contribution < 1.29 is 14.3 Å². The zero-order valence-electron chi connectivity index (χ0n) is 18.0. The van der Waals surface area contributed by atoms with Crippen molar-refractivity contribution in [2.24, 2.45) is 46.2 Å². The van der Waals surface area contributed by atoms with E-state index in [2.05, 4.69) is 19.9 Å². The van der Waals surface area contributed by atoms with Gasteiger partial charge in [0, 0.05) is 11.5 Å². The first-order valence-corrected chi connectivity index (χ1v) is 11.4. The largest absolute Gasteiger partial charge is 0.460 e. The van der Waals surface area contributed by atoms with Crippen LogP contribution in [-0.2, 0) is 14.3 Å². The number of allylic oxidation sites excluding steroid dienone is 1. The first kappa shape index (κ1) is 20.0. The number of ether oxygens (including phenoxy) is 1. The van der Waals surface area contributed by atoms with Crippen LogP contribution in [0.5, 0.6) is 0 Å². The molecule has 2 unspecified atom stereocenters. The Kier molecular flexibility index (Phi) is 4.91. The molecule has 0 heterocycles. The maximum atomic E-state index is 12.4. The highest BCUT2D eigenvalue weighted by Gasteiger charge is 2.60. The van der Waals surface area contributed by atoms with Crippen molar-refractivity contribution in [1.29, 1.82) is 0 Å². The average molecular weight is 388 g/mol. The fraction of sp³-hybridized carbons (Fsp3) is 0.833. The van der Waals surface area contributed by atoms with E-state index < -0.39 is 0 Å². The summed E-state index contributed by atoms with van der Waals surface area (Å²) in [5.41, 5.74) is 7.05. The molecule has 0 aromatic carbocycles. The van der Waals surface area contributed by atoms with Crippen LogP contribution in [0.1, 0.15) is 79.1 Å². The second kappa shape index (κ2) is 6.88. The molecule has 4 aliphatic carbocycles. The van der Waals surface area contributed by atoms with Crippen molar-refractivity contribution in [1.82, 2.24) is 0 Å². The second-order valence-electron chi connectivity index (χ2n) is 10.8. The zero-order valence-corrected chi connectivity index (χ0v) is 18.0. The molecule has 4 heteroatoms. The molecule has 2 N–H and O–H groups in total. The van der Waals surface area contributed by atoms with Crippen molar-refractivity contribution in [2.45, 2.75) is 85.2 Å². The summed E-state index contributed by atoms with van der Waals surface area (Å²) >= 11 is 0. The first-order valence-electron chi connectivity index (χ1n) is 11.4. The van der Waals surface area contributed by atoms with Crippen molar-refractivity contribution >= 4 is 11.9 Å². The molecule has 3 saturated carbocycles. The summed E-state index contributed by atoms with van der Waals surface area (Å²) in [5.74, 6) is 2.49. The van der Waals surface area contributed by atoms with Crippen LogP contribution in [0.25, 0.3) is 0 Å². The number of carbonyl (C=O) groups excluding carboxylic acids is 2. The Morgan fingerprint density at radius 1 is 1.07 bits per heavy atom. The van der Waals surface area contributed by atoms with Crippen LogP contribution in [0.2, 0.25) is 0 Å². The van der Waals surface area contributed by atoms with Crippen LogP contribution in [0.15, 0.2) is 11.6 Å². The summed E-state index contributed by atoms with van der Waals surface area (Å²) < 4.78 is 5.46. The van der Waals surface area contributed by atoms with Gasteiger partial charge in [-0.05, 0) is 99.7 Å². The van der Waals surface area contributed by atoms with Crippen molar-refractivity contribution in [3.8, 4) is 0 Å². The molecule has 0 aromatic rings. The topological polar surface area (TPSA) is 69.4 Å². The van der Waals surface area contributed by atoms with Crippen LogP contribution < -0.4 is 5.73 Å². The highest BCUT2D eigenvalue weighted by Crippen LogP contribution is 2.67. The molecule has 0 bridgehead atoms. The third kappa shape index (κ3) is 2.93. The fourth-order valence-corrected chi connectivity index (χ4v) is 7.80. The second-order valence-corrected chi connectivity index (χ2v) is 10.8. The zero-order chi connectivity index (χ0) is 20.3. The quantitative estimate of drug-likeness (QED) is 0.719. The molecule has 7 atom stereocenters. The molecule has 1 amide bonds. The number of carbonyl (C=O) groups is 2. The van der Waals surface area contributed by atoms with Gasteiger partial charge in [-0.15, -0.1) is 0 Å². The summed E-state index contributed by atoms with van der Waals surface area (Å²) in [5, 5.41) is 0. The molecule has 4 aliphatic rings. The summed E-state index contributed by atoms with van der Waals surface area (Å²) in [6, 6.07) is 0. The van der Waals surface area contributed by atoms with Gasteiger partial charge in [0.25, 0.3) is 0 Å². The molecule has 4 rings (SSSR count). The van der Waals surface area contributed by atoms with Crippen LogP contribution in [-0.4, -0.2) is 18.0 Å². The predicted octanol–water partition coefficient (Wildman–Crippen LogP) is 4.62. The molecule has 4 nitrogen and oxygen atoms in total. The molecule has 0 radical (unpaired) electrons. The summed E-state index contributed by atoms with van der Waals surface area (Å²) in [6.45, 7) is 8.64. The van der Waals surface area contributed by atoms with Gasteiger partial charge in [-0.25, -0.2) is 4.79 Å². The van der Waals surface area contributed by atoms with Gasteiger partial charge in [-0.2, -0.15) is 0 Å². The van der Waals surface area contributed by atoms with E-state index >= 15 is 0 Å². The number of amides is 1. The number of fused-ring (bicyclic) bond motifs is 5. The predicted molar refractivity (Wildman–Crippen MR) is 109 cm³/mol. The summed E-state index contributed by atoms with van der Waals surface area (Å²) in [7, 11) is 0. The van der Waals surface area contributed by atoms with Crippen LogP contribution in [0.3, 0.4) is 0 Å². The van der Waals surface area contributed by atoms with Gasteiger partial charge >= 0.3 is 5.97 Å². The molecule has 156 valence electrons. The minimum atomic E-state index is -0.115. The van der Waals surface area contributed by atoms with E-state index in [1.54, 1.807) is 0 Å². The van der Waals surface area contributed by atoms with Crippen LogP contribution >= 0.6 is 0 Å². The highest BCUT2D eigenvalue weighted by molar-refractivity contribution is 5.88. The maximum absolute atomic E-state index is 12.4. The molecule has 0 aromatic heterocycles. The third-order valence-electron chi connectivity index (χ3n) is 9.27. The Bertz CT molecular complexity index is 698. The van der Waals surface area contributed by atoms with E-state index in [-0.39, 0.29) is 34.7 Å². The normalized spacial score (nSPS) is 44.9. The first-order chi connectivity index (χ1) is 13.2. The lowest BCUT2D eigenvalue weighted by Crippen LogP contribution is -2.53. The van der Waals surface area contributed by atoms with E-state index in [0.29, 0.717) is 23.7 Å². The van der Waals surface area contributed by atoms with Gasteiger partial charge < -0.3 is 10.5 Å². The Morgan fingerprint density at radius 2 is 1.79 bits per heavy atom. The Balaban J connectivity index is 1.55. The molecule has 3 fully saturated rings. The molecule has 28 heavy (non-hydrogen) atoms. The Morgan fingerprint density at radius 3 is 2.46 bits per heavy atom. The SMILES string of the molecule is CC(C)OC(=O)C1=CC[C@@]2(C)C(CC[C@@H]3[C@H]2CC[C@]2(C)C(C(N)=O)CC[C@@H]32)C1. The maximum Gasteiger partial charge on any atom is 0.333 e. The van der Waals surface area contributed by atoms with Gasteiger partial charge in [-0.1, -0.05) is 19.9 Å². The van der Waals surface area contributed by atoms with Crippen LogP contribution in [0.4, 0.5) is 0 Å². The van der Waals surface area contributed by atoms with Gasteiger partial charge in [0.05, 0.1) is 6.10 Å². The molecule has 0 saturated heterocycles. The van der Waals surface area contributed by atoms with Crippen molar-refractivity contribution in [2.75, 3.05) is 0 Å². The number of hydrogen-bond acceptors (Lipinski definition) is 3. The number of nitrogens with two attached hydrogens (primary N) is 1. The van der Waals surface area contributed by atoms with E-state index in [1.165, 1.54) is 19.3 Å². The van der Waals surface area contributed by atoms with Crippen molar-refractivity contribution in [3.63, 3.8) is 0 Å². The van der Waals surface area contributed by atoms with Gasteiger partial charge in [0.1, 0.15) is 0 Å². The fourth-order valence-electron chi connectivity index (χ4n) is 7.80. The highest BCUT2D eigenvalue weighted by atomic mass is 16.5. The van der Waals surface area contributed by atoms with Gasteiger partial charge in [0.2, 0.25) is 5.91 Å². The number of primary amides is 1. The minimum Gasteiger partial charge on any atom is -0.460 e. The Labute approximate surface area is 169 Å². The van der Waals surface area contributed by atoms with E-state index in [0.717, 1.165) is 37.7 Å². The monoisotopic (exact) mass is 387 g/mol. The average Bonchev–Trinajstić information content (AvgIpc) is 2.97. The van der Waals surface area contributed by atoms with E-state index in [4.69, 9.17) is 10.5 Å². The lowest BCUT2D eigenvalue weighted by Gasteiger charge is -2.59. The molecular formula is C24H37NO3. The lowest BCUT2D eigenvalue weighted by atomic mass is 9.45. The number of hydrogen-bond donors (Lipinski definition) is 1. The molecule has 0 aliphatic heterocycles. The lowest BCUT2D eigenvalue weighted by molar-refractivity contribution is -0.144. The number of esters is 1. The molecule has 0 spiro atoms. The molecular weight excluding hydrogens is 350 g/mol. The van der Waals surface area contributed by atoms with Crippen LogP contribution in [0, 0.1) is 40.4 Å². The standard InChI is InChI=1S/C24H37NO3/c1-14(2)28-22(27)15-9-11-23(3)16(13-15)5-6-17-18-7-8-20(21(25)26)24(18,4)12-10-19(17)23/h9,14,16-20H,5-8,10-13H2,1-4H3,(H2,25,26)/t16?,17-,18-,19+,20?,23-,24-/m0/s1. The number of rotatable bonds is 3. The van der Waals surface area contributed by atoms with E-state index in [9.17, 15) is 9.59 Å². The van der Waals surface area contributed by atoms with Crippen molar-refractivity contribution in [3.05, 3.63) is 11.6 Å². The summed E-state index contributed by atoms with van der Waals surface area (Å²) in [4.78, 5) is 24.5. The van der Waals surface area contributed by atoms with Gasteiger partial charge in [-0.3, -0.25) is 4.79 Å². The summed E-state index contributed by atoms with van der Waals surface area (Å²) in [6.07, 6.45) is 10.9. The Hall–Kier alpha value is -1.32. The van der Waals surface area contributed by atoms with Gasteiger partial charge in [0.15, 0.2) is 0 Å². The smallest absolute Gasteiger partial charge is 0.333 e. The third-order valence-corrected chi connectivity index (χ3v) is 9.27. The minimum absolute atomic E-state index is 0.0611.